The van der Waals surface area contributed by atoms with Gasteiger partial charge in [0.05, 0.1) is 5.41 Å². The van der Waals surface area contributed by atoms with Crippen molar-refractivity contribution in [3.63, 3.8) is 0 Å². The summed E-state index contributed by atoms with van der Waals surface area (Å²) in [6, 6.07) is 0. The SMILES string of the molecule is C=CC1CC(C)C(C)(C)C(=O)O1. The van der Waals surface area contributed by atoms with Gasteiger partial charge in [-0.1, -0.05) is 19.6 Å². The molecule has 0 amide bonds. The molecule has 1 saturated heterocycles. The molecule has 0 saturated carbocycles. The van der Waals surface area contributed by atoms with Crippen LogP contribution in [0.3, 0.4) is 0 Å². The Kier molecular flexibility index (Phi) is 2.27. The Hall–Kier alpha value is -0.790. The highest BCUT2D eigenvalue weighted by Crippen LogP contribution is 2.36. The van der Waals surface area contributed by atoms with Crippen LogP contribution in [0, 0.1) is 11.3 Å². The highest BCUT2D eigenvalue weighted by molar-refractivity contribution is 5.77. The molecule has 0 radical (unpaired) electrons. The Morgan fingerprint density at radius 2 is 2.25 bits per heavy atom. The summed E-state index contributed by atoms with van der Waals surface area (Å²) >= 11 is 0. The fraction of sp³-hybridized carbons (Fsp3) is 0.700. The van der Waals surface area contributed by atoms with Crippen molar-refractivity contribution in [3.8, 4) is 0 Å². The van der Waals surface area contributed by atoms with E-state index in [0.29, 0.717) is 5.92 Å². The molecule has 2 nitrogen and oxygen atoms in total. The van der Waals surface area contributed by atoms with Gasteiger partial charge in [-0.2, -0.15) is 0 Å². The summed E-state index contributed by atoms with van der Waals surface area (Å²) in [7, 11) is 0. The van der Waals surface area contributed by atoms with Gasteiger partial charge in [0.15, 0.2) is 0 Å². The highest BCUT2D eigenvalue weighted by atomic mass is 16.5. The minimum Gasteiger partial charge on any atom is -0.458 e. The summed E-state index contributed by atoms with van der Waals surface area (Å²) in [5, 5.41) is 0. The molecule has 1 fully saturated rings. The van der Waals surface area contributed by atoms with Crippen LogP contribution in [0.4, 0.5) is 0 Å². The molecule has 1 heterocycles. The molecule has 2 unspecified atom stereocenters. The summed E-state index contributed by atoms with van der Waals surface area (Å²) in [6.07, 6.45) is 2.51. The third-order valence-corrected chi connectivity index (χ3v) is 2.87. The fourth-order valence-corrected chi connectivity index (χ4v) is 1.33. The first-order valence-corrected chi connectivity index (χ1v) is 4.32. The van der Waals surface area contributed by atoms with Crippen LogP contribution in [0.15, 0.2) is 12.7 Å². The van der Waals surface area contributed by atoms with Crippen LogP contribution >= 0.6 is 0 Å². The molecule has 68 valence electrons. The topological polar surface area (TPSA) is 26.3 Å². The third kappa shape index (κ3) is 1.38. The average molecular weight is 168 g/mol. The van der Waals surface area contributed by atoms with Crippen molar-refractivity contribution in [2.75, 3.05) is 0 Å². The van der Waals surface area contributed by atoms with Crippen LogP contribution < -0.4 is 0 Å². The maximum absolute atomic E-state index is 11.4. The number of cyclic esters (lactones) is 1. The van der Waals surface area contributed by atoms with E-state index in [-0.39, 0.29) is 17.5 Å². The number of hydrogen-bond donors (Lipinski definition) is 0. The molecule has 0 aromatic heterocycles. The molecule has 0 N–H and O–H groups in total. The second-order valence-electron chi connectivity index (χ2n) is 4.04. The van der Waals surface area contributed by atoms with Gasteiger partial charge in [0.2, 0.25) is 0 Å². The third-order valence-electron chi connectivity index (χ3n) is 2.87. The molecule has 12 heavy (non-hydrogen) atoms. The van der Waals surface area contributed by atoms with Crippen LogP contribution in [0.1, 0.15) is 27.2 Å². The van der Waals surface area contributed by atoms with Crippen molar-refractivity contribution in [1.82, 2.24) is 0 Å². The molecular formula is C10H16O2. The normalized spacial score (nSPS) is 34.1. The number of rotatable bonds is 1. The summed E-state index contributed by atoms with van der Waals surface area (Å²) < 4.78 is 5.16. The molecule has 0 aromatic rings. The first-order chi connectivity index (χ1) is 5.48. The molecule has 2 atom stereocenters. The lowest BCUT2D eigenvalue weighted by molar-refractivity contribution is -0.169. The molecule has 1 aliphatic heterocycles. The largest absolute Gasteiger partial charge is 0.458 e. The summed E-state index contributed by atoms with van der Waals surface area (Å²) in [5.74, 6) is 0.257. The van der Waals surface area contributed by atoms with Gasteiger partial charge in [-0.3, -0.25) is 4.79 Å². The van der Waals surface area contributed by atoms with Crippen molar-refractivity contribution in [2.45, 2.75) is 33.3 Å². The minimum atomic E-state index is -0.334. The van der Waals surface area contributed by atoms with E-state index < -0.39 is 0 Å². The predicted octanol–water partition coefficient (Wildman–Crippen LogP) is 2.15. The number of carbonyl (C=O) groups excluding carboxylic acids is 1. The summed E-state index contributed by atoms with van der Waals surface area (Å²) in [6.45, 7) is 9.56. The van der Waals surface area contributed by atoms with Gasteiger partial charge in [0, 0.05) is 0 Å². The van der Waals surface area contributed by atoms with Crippen LogP contribution in [-0.4, -0.2) is 12.1 Å². The van der Waals surface area contributed by atoms with Crippen LogP contribution in [0.5, 0.6) is 0 Å². The lowest BCUT2D eigenvalue weighted by atomic mass is 9.75. The molecule has 1 rings (SSSR count). The van der Waals surface area contributed by atoms with Gasteiger partial charge < -0.3 is 4.74 Å². The van der Waals surface area contributed by atoms with Crippen molar-refractivity contribution >= 4 is 5.97 Å². The maximum atomic E-state index is 11.4. The standard InChI is InChI=1S/C10H16O2/c1-5-8-6-7(2)10(3,4)9(11)12-8/h5,7-8H,1,6H2,2-4H3. The smallest absolute Gasteiger partial charge is 0.312 e. The number of hydrogen-bond acceptors (Lipinski definition) is 2. The average Bonchev–Trinajstić information content (AvgIpc) is 2.00. The predicted molar refractivity (Wildman–Crippen MR) is 47.6 cm³/mol. The van der Waals surface area contributed by atoms with E-state index in [1.807, 2.05) is 13.8 Å². The Bertz CT molecular complexity index is 206. The van der Waals surface area contributed by atoms with Crippen molar-refractivity contribution in [2.24, 2.45) is 11.3 Å². The number of carbonyl (C=O) groups is 1. The minimum absolute atomic E-state index is 0.0828. The summed E-state index contributed by atoms with van der Waals surface area (Å²) in [5.41, 5.74) is -0.334. The van der Waals surface area contributed by atoms with Crippen molar-refractivity contribution in [3.05, 3.63) is 12.7 Å². The Labute approximate surface area is 73.6 Å². The zero-order valence-electron chi connectivity index (χ0n) is 7.96. The van der Waals surface area contributed by atoms with Crippen molar-refractivity contribution < 1.29 is 9.53 Å². The molecular weight excluding hydrogens is 152 g/mol. The Morgan fingerprint density at radius 3 is 2.67 bits per heavy atom. The van der Waals surface area contributed by atoms with E-state index in [0.717, 1.165) is 6.42 Å². The van der Waals surface area contributed by atoms with Crippen LogP contribution in [-0.2, 0) is 9.53 Å². The van der Waals surface area contributed by atoms with Gasteiger partial charge in [-0.05, 0) is 26.2 Å². The molecule has 0 aliphatic carbocycles. The first-order valence-electron chi connectivity index (χ1n) is 4.32. The fourth-order valence-electron chi connectivity index (χ4n) is 1.33. The van der Waals surface area contributed by atoms with E-state index >= 15 is 0 Å². The lowest BCUT2D eigenvalue weighted by Gasteiger charge is -2.37. The molecule has 0 spiro atoms. The van der Waals surface area contributed by atoms with Crippen LogP contribution in [0.2, 0.25) is 0 Å². The second-order valence-corrected chi connectivity index (χ2v) is 4.04. The van der Waals surface area contributed by atoms with E-state index in [9.17, 15) is 4.79 Å². The van der Waals surface area contributed by atoms with Gasteiger partial charge in [0.25, 0.3) is 0 Å². The van der Waals surface area contributed by atoms with E-state index in [1.54, 1.807) is 6.08 Å². The lowest BCUT2D eigenvalue weighted by Crippen LogP contribution is -2.42. The zero-order chi connectivity index (χ0) is 9.35. The molecule has 1 aliphatic rings. The van der Waals surface area contributed by atoms with E-state index in [2.05, 4.69) is 13.5 Å². The second kappa shape index (κ2) is 2.92. The van der Waals surface area contributed by atoms with Crippen molar-refractivity contribution in [1.29, 1.82) is 0 Å². The molecule has 2 heteroatoms. The van der Waals surface area contributed by atoms with Gasteiger partial charge >= 0.3 is 5.97 Å². The Balaban J connectivity index is 2.77. The summed E-state index contributed by atoms with van der Waals surface area (Å²) in [4.78, 5) is 11.4. The van der Waals surface area contributed by atoms with Gasteiger partial charge in [0.1, 0.15) is 6.10 Å². The van der Waals surface area contributed by atoms with Gasteiger partial charge in [-0.25, -0.2) is 0 Å². The first kappa shape index (κ1) is 9.30. The molecule has 0 bridgehead atoms. The number of ether oxygens (including phenoxy) is 1. The Morgan fingerprint density at radius 1 is 1.67 bits per heavy atom. The quantitative estimate of drug-likeness (QED) is 0.443. The highest BCUT2D eigenvalue weighted by Gasteiger charge is 2.41. The monoisotopic (exact) mass is 168 g/mol. The van der Waals surface area contributed by atoms with Gasteiger partial charge in [-0.15, -0.1) is 0 Å². The maximum Gasteiger partial charge on any atom is 0.312 e. The molecule has 0 aromatic carbocycles. The zero-order valence-corrected chi connectivity index (χ0v) is 7.96. The number of esters is 1. The van der Waals surface area contributed by atoms with E-state index in [4.69, 9.17) is 4.74 Å². The van der Waals surface area contributed by atoms with E-state index in [1.165, 1.54) is 0 Å². The van der Waals surface area contributed by atoms with Crippen LogP contribution in [0.25, 0.3) is 0 Å².